The number of rotatable bonds is 7. The topological polar surface area (TPSA) is 137 Å². The van der Waals surface area contributed by atoms with Gasteiger partial charge in [-0.05, 0) is 57.5 Å². The Morgan fingerprint density at radius 2 is 2.05 bits per heavy atom. The maximum Gasteiger partial charge on any atom is 0.417 e. The van der Waals surface area contributed by atoms with Crippen molar-refractivity contribution in [1.29, 1.82) is 0 Å². The fourth-order valence-corrected chi connectivity index (χ4v) is 5.28. The SMILES string of the molecule is C=CC(=O)N1CCN(c2ccc3[nH]c(=O)c([C@H](C)Nc4nc(C)nc(N5C(=O)OC[C@@H]5CC)n4)cc3c2)C[C@H]1C. The largest absolute Gasteiger partial charge is 0.447 e. The van der Waals surface area contributed by atoms with Gasteiger partial charge in [-0.2, -0.15) is 15.0 Å². The number of hydrogen-bond acceptors (Lipinski definition) is 9. The van der Waals surface area contributed by atoms with Crippen LogP contribution in [0.15, 0.2) is 41.7 Å². The second kappa shape index (κ2) is 10.9. The van der Waals surface area contributed by atoms with Crippen LogP contribution in [0.2, 0.25) is 0 Å². The molecule has 2 aromatic heterocycles. The summed E-state index contributed by atoms with van der Waals surface area (Å²) in [6.07, 6.45) is 1.57. The number of nitrogens with one attached hydrogen (secondary N) is 2. The van der Waals surface area contributed by atoms with Crippen LogP contribution in [0.5, 0.6) is 0 Å². The predicted octanol–water partition coefficient (Wildman–Crippen LogP) is 3.15. The van der Waals surface area contributed by atoms with E-state index in [-0.39, 0.29) is 42.1 Å². The zero-order chi connectivity index (χ0) is 28.6. The zero-order valence-corrected chi connectivity index (χ0v) is 23.2. The summed E-state index contributed by atoms with van der Waals surface area (Å²) in [7, 11) is 0. The van der Waals surface area contributed by atoms with E-state index in [0.29, 0.717) is 37.4 Å². The van der Waals surface area contributed by atoms with E-state index in [9.17, 15) is 14.4 Å². The third kappa shape index (κ3) is 5.21. The molecule has 0 radical (unpaired) electrons. The van der Waals surface area contributed by atoms with Gasteiger partial charge in [0.05, 0.1) is 12.1 Å². The fraction of sp³-hybridized carbons (Fsp3) is 0.429. The summed E-state index contributed by atoms with van der Waals surface area (Å²) in [5, 5.41) is 4.09. The van der Waals surface area contributed by atoms with Crippen molar-refractivity contribution in [2.45, 2.75) is 52.2 Å². The Balaban J connectivity index is 1.38. The van der Waals surface area contributed by atoms with Crippen molar-refractivity contribution in [1.82, 2.24) is 24.8 Å². The minimum atomic E-state index is -0.485. The minimum Gasteiger partial charge on any atom is -0.447 e. The first-order valence-corrected chi connectivity index (χ1v) is 13.5. The molecule has 4 heterocycles. The van der Waals surface area contributed by atoms with E-state index >= 15 is 0 Å². The van der Waals surface area contributed by atoms with Crippen LogP contribution in [0.4, 0.5) is 22.4 Å². The number of ether oxygens (including phenoxy) is 1. The maximum absolute atomic E-state index is 13.0. The van der Waals surface area contributed by atoms with Crippen LogP contribution < -0.4 is 20.7 Å². The van der Waals surface area contributed by atoms with Crippen molar-refractivity contribution in [2.24, 2.45) is 0 Å². The van der Waals surface area contributed by atoms with Crippen LogP contribution >= 0.6 is 0 Å². The lowest BCUT2D eigenvalue weighted by atomic mass is 10.1. The summed E-state index contributed by atoms with van der Waals surface area (Å²) in [6, 6.07) is 7.27. The Morgan fingerprint density at radius 3 is 2.77 bits per heavy atom. The summed E-state index contributed by atoms with van der Waals surface area (Å²) < 4.78 is 5.19. The Hall–Kier alpha value is -4.48. The number of benzene rings is 1. The lowest BCUT2D eigenvalue weighted by molar-refractivity contribution is -0.128. The Kier molecular flexibility index (Phi) is 7.42. The number of aromatic nitrogens is 4. The molecule has 0 saturated carbocycles. The van der Waals surface area contributed by atoms with E-state index in [1.54, 1.807) is 6.92 Å². The van der Waals surface area contributed by atoms with Crippen LogP contribution in [0.25, 0.3) is 10.9 Å². The van der Waals surface area contributed by atoms with Crippen molar-refractivity contribution in [3.05, 3.63) is 58.7 Å². The zero-order valence-electron chi connectivity index (χ0n) is 23.2. The molecular formula is C28H34N8O4. The molecule has 2 aliphatic rings. The van der Waals surface area contributed by atoms with Gasteiger partial charge in [-0.15, -0.1) is 0 Å². The molecule has 2 fully saturated rings. The first kappa shape index (κ1) is 27.1. The van der Waals surface area contributed by atoms with Gasteiger partial charge in [0.25, 0.3) is 5.56 Å². The molecule has 2 aliphatic heterocycles. The third-order valence-corrected chi connectivity index (χ3v) is 7.50. The highest BCUT2D eigenvalue weighted by molar-refractivity contribution is 5.88. The van der Waals surface area contributed by atoms with E-state index in [2.05, 4.69) is 36.7 Å². The molecule has 1 aromatic carbocycles. The number of fused-ring (bicyclic) bond motifs is 1. The van der Waals surface area contributed by atoms with Crippen molar-refractivity contribution in [3.8, 4) is 0 Å². The van der Waals surface area contributed by atoms with Gasteiger partial charge < -0.3 is 24.8 Å². The van der Waals surface area contributed by atoms with Gasteiger partial charge in [0.1, 0.15) is 12.4 Å². The van der Waals surface area contributed by atoms with Crippen LogP contribution in [0.3, 0.4) is 0 Å². The number of carbonyl (C=O) groups is 2. The molecule has 12 heteroatoms. The molecule has 12 nitrogen and oxygen atoms in total. The third-order valence-electron chi connectivity index (χ3n) is 7.50. The normalized spacial score (nSPS) is 20.0. The van der Waals surface area contributed by atoms with Gasteiger partial charge in [-0.3, -0.25) is 9.59 Å². The summed E-state index contributed by atoms with van der Waals surface area (Å²) >= 11 is 0. The second-order valence-electron chi connectivity index (χ2n) is 10.2. The van der Waals surface area contributed by atoms with Crippen molar-refractivity contribution < 1.29 is 14.3 Å². The lowest BCUT2D eigenvalue weighted by Crippen LogP contribution is -2.53. The highest BCUT2D eigenvalue weighted by Gasteiger charge is 2.35. The number of aryl methyl sites for hydroxylation is 1. The number of hydrogen-bond donors (Lipinski definition) is 2. The molecule has 5 rings (SSSR count). The first-order chi connectivity index (χ1) is 19.2. The Bertz CT molecular complexity index is 1520. The number of amides is 2. The smallest absolute Gasteiger partial charge is 0.417 e. The van der Waals surface area contributed by atoms with E-state index < -0.39 is 12.1 Å². The molecule has 40 heavy (non-hydrogen) atoms. The van der Waals surface area contributed by atoms with Gasteiger partial charge in [0.15, 0.2) is 0 Å². The molecule has 0 aliphatic carbocycles. The first-order valence-electron chi connectivity index (χ1n) is 13.5. The maximum atomic E-state index is 13.0. The molecule has 3 atom stereocenters. The average molecular weight is 547 g/mol. The quantitative estimate of drug-likeness (QED) is 0.428. The number of pyridine rings is 1. The summed E-state index contributed by atoms with van der Waals surface area (Å²) in [4.78, 5) is 59.1. The van der Waals surface area contributed by atoms with Crippen molar-refractivity contribution >= 4 is 40.5 Å². The summed E-state index contributed by atoms with van der Waals surface area (Å²) in [5.74, 6) is 0.868. The molecule has 3 aromatic rings. The monoisotopic (exact) mass is 546 g/mol. The predicted molar refractivity (Wildman–Crippen MR) is 153 cm³/mol. The Labute approximate surface area is 232 Å². The van der Waals surface area contributed by atoms with Gasteiger partial charge in [-0.25, -0.2) is 9.69 Å². The van der Waals surface area contributed by atoms with Crippen LogP contribution in [0.1, 0.15) is 44.6 Å². The average Bonchev–Trinajstić information content (AvgIpc) is 3.31. The van der Waals surface area contributed by atoms with Crippen molar-refractivity contribution in [3.63, 3.8) is 0 Å². The highest BCUT2D eigenvalue weighted by Crippen LogP contribution is 2.26. The molecule has 2 N–H and O–H groups in total. The molecular weight excluding hydrogens is 512 g/mol. The van der Waals surface area contributed by atoms with E-state index in [1.807, 2.05) is 49.9 Å². The van der Waals surface area contributed by atoms with Gasteiger partial charge >= 0.3 is 6.09 Å². The van der Waals surface area contributed by atoms with E-state index in [0.717, 1.165) is 16.6 Å². The molecule has 0 spiro atoms. The van der Waals surface area contributed by atoms with Gasteiger partial charge in [0, 0.05) is 47.8 Å². The highest BCUT2D eigenvalue weighted by atomic mass is 16.6. The summed E-state index contributed by atoms with van der Waals surface area (Å²) in [6.45, 7) is 13.5. The number of carbonyl (C=O) groups excluding carboxylic acids is 2. The molecule has 2 saturated heterocycles. The van der Waals surface area contributed by atoms with Crippen LogP contribution in [-0.4, -0.2) is 75.2 Å². The second-order valence-corrected chi connectivity index (χ2v) is 10.2. The number of H-pyrrole nitrogens is 1. The Morgan fingerprint density at radius 1 is 1.25 bits per heavy atom. The number of anilines is 3. The van der Waals surface area contributed by atoms with E-state index in [4.69, 9.17) is 4.74 Å². The number of cyclic esters (lactones) is 1. The van der Waals surface area contributed by atoms with Gasteiger partial charge in [0.2, 0.25) is 17.8 Å². The molecule has 0 bridgehead atoms. The van der Waals surface area contributed by atoms with Crippen LogP contribution in [-0.2, 0) is 9.53 Å². The van der Waals surface area contributed by atoms with E-state index in [1.165, 1.54) is 11.0 Å². The molecule has 0 unspecified atom stereocenters. The van der Waals surface area contributed by atoms with Crippen molar-refractivity contribution in [2.75, 3.05) is 41.4 Å². The lowest BCUT2D eigenvalue weighted by Gasteiger charge is -2.40. The number of nitrogens with zero attached hydrogens (tertiary/aromatic N) is 6. The summed E-state index contributed by atoms with van der Waals surface area (Å²) in [5.41, 5.74) is 2.05. The fourth-order valence-electron chi connectivity index (χ4n) is 5.28. The molecule has 2 amide bonds. The minimum absolute atomic E-state index is 0.0500. The van der Waals surface area contributed by atoms with Gasteiger partial charge in [-0.1, -0.05) is 13.5 Å². The van der Waals surface area contributed by atoms with Crippen LogP contribution in [0, 0.1) is 6.92 Å². The number of aromatic amines is 1. The molecule has 210 valence electrons. The standard InChI is InChI=1S/C28H34N8O4/c1-6-20-15-40-28(39)36(20)27-31-18(5)30-26(33-27)29-17(4)22-13-19-12-21(8-9-23(19)32-25(22)38)34-10-11-35(16(3)14-34)24(37)7-2/h7-9,12-13,16-17,20H,2,6,10-11,14-15H2,1,3-5H3,(H,32,38)(H,29,30,31,33)/t16-,17+,20+/m1/s1. The number of piperazine rings is 1.